The van der Waals surface area contributed by atoms with Gasteiger partial charge in [0.05, 0.1) is 5.56 Å². The summed E-state index contributed by atoms with van der Waals surface area (Å²) in [6, 6.07) is 9.70. The normalized spacial score (nSPS) is 11.9. The highest BCUT2D eigenvalue weighted by molar-refractivity contribution is 5.65. The lowest BCUT2D eigenvalue weighted by Gasteiger charge is -2.24. The number of nitrogens with two attached hydrogens (primary N) is 2. The van der Waals surface area contributed by atoms with Crippen LogP contribution in [0, 0.1) is 0 Å². The molecule has 0 fully saturated rings. The van der Waals surface area contributed by atoms with Gasteiger partial charge in [-0.05, 0) is 55.8 Å². The maximum Gasteiger partial charge on any atom is 0.419 e. The van der Waals surface area contributed by atoms with Crippen LogP contribution in [-0.2, 0) is 17.3 Å². The number of carbonyl (C=O) groups excluding carboxylic acids is 1. The molecule has 2 aromatic rings. The SMILES string of the molecule is CC(C)(Cc1ccc(Oc2ccc(N)cc2)c(C(F)(F)F)c1)OC(N)=O. The minimum atomic E-state index is -4.62. The van der Waals surface area contributed by atoms with Crippen molar-refractivity contribution < 1.29 is 27.4 Å². The van der Waals surface area contributed by atoms with Crippen LogP contribution in [0.2, 0.25) is 0 Å². The quantitative estimate of drug-likeness (QED) is 0.761. The number of ether oxygens (including phenoxy) is 2. The van der Waals surface area contributed by atoms with E-state index >= 15 is 0 Å². The van der Waals surface area contributed by atoms with Crippen molar-refractivity contribution in [2.45, 2.75) is 32.0 Å². The van der Waals surface area contributed by atoms with E-state index in [2.05, 4.69) is 0 Å². The fraction of sp³-hybridized carbons (Fsp3) is 0.278. The second-order valence-electron chi connectivity index (χ2n) is 6.36. The molecule has 2 rings (SSSR count). The van der Waals surface area contributed by atoms with Gasteiger partial charge in [0.1, 0.15) is 17.1 Å². The molecule has 0 saturated heterocycles. The number of halogens is 3. The van der Waals surface area contributed by atoms with Crippen molar-refractivity contribution in [3.63, 3.8) is 0 Å². The fourth-order valence-corrected chi connectivity index (χ4v) is 2.46. The maximum absolute atomic E-state index is 13.4. The largest absolute Gasteiger partial charge is 0.457 e. The molecule has 0 radical (unpaired) electrons. The van der Waals surface area contributed by atoms with E-state index in [1.54, 1.807) is 13.8 Å². The molecule has 4 N–H and O–H groups in total. The molecule has 0 aliphatic heterocycles. The first-order valence-electron chi connectivity index (χ1n) is 7.68. The number of carbonyl (C=O) groups is 1. The molecule has 0 spiro atoms. The summed E-state index contributed by atoms with van der Waals surface area (Å²) in [6.07, 6.45) is -5.55. The van der Waals surface area contributed by atoms with E-state index in [0.717, 1.165) is 6.07 Å². The van der Waals surface area contributed by atoms with Crippen LogP contribution in [0.25, 0.3) is 0 Å². The zero-order chi connectivity index (χ0) is 19.5. The lowest BCUT2D eigenvalue weighted by molar-refractivity contribution is -0.138. The van der Waals surface area contributed by atoms with E-state index in [1.807, 2.05) is 0 Å². The molecule has 26 heavy (non-hydrogen) atoms. The monoisotopic (exact) mass is 368 g/mol. The lowest BCUT2D eigenvalue weighted by Crippen LogP contribution is -2.33. The Balaban J connectivity index is 2.32. The van der Waals surface area contributed by atoms with Crippen LogP contribution in [-0.4, -0.2) is 11.7 Å². The second-order valence-corrected chi connectivity index (χ2v) is 6.36. The second kappa shape index (κ2) is 7.15. The van der Waals surface area contributed by atoms with Gasteiger partial charge < -0.3 is 20.9 Å². The van der Waals surface area contributed by atoms with Crippen LogP contribution in [0.4, 0.5) is 23.7 Å². The minimum Gasteiger partial charge on any atom is -0.457 e. The Labute approximate surface area is 148 Å². The van der Waals surface area contributed by atoms with E-state index in [1.165, 1.54) is 36.4 Å². The average molecular weight is 368 g/mol. The summed E-state index contributed by atoms with van der Waals surface area (Å²) < 4.78 is 50.6. The number of alkyl halides is 3. The summed E-state index contributed by atoms with van der Waals surface area (Å²) in [5.41, 5.74) is 9.36. The van der Waals surface area contributed by atoms with Crippen LogP contribution in [0.5, 0.6) is 11.5 Å². The van der Waals surface area contributed by atoms with Gasteiger partial charge in [-0.3, -0.25) is 0 Å². The number of hydrogen-bond donors (Lipinski definition) is 2. The Morgan fingerprint density at radius 2 is 1.69 bits per heavy atom. The Bertz CT molecular complexity index is 787. The van der Waals surface area contributed by atoms with Gasteiger partial charge in [0.15, 0.2) is 0 Å². The van der Waals surface area contributed by atoms with Gasteiger partial charge in [-0.1, -0.05) is 6.07 Å². The molecule has 0 aliphatic carbocycles. The zero-order valence-electron chi connectivity index (χ0n) is 14.3. The van der Waals surface area contributed by atoms with Crippen molar-refractivity contribution in [2.24, 2.45) is 5.73 Å². The number of amides is 1. The molecule has 8 heteroatoms. The molecule has 1 amide bonds. The minimum absolute atomic E-state index is 0.0567. The Morgan fingerprint density at radius 3 is 2.23 bits per heavy atom. The summed E-state index contributed by atoms with van der Waals surface area (Å²) in [6.45, 7) is 3.12. The Kier molecular flexibility index (Phi) is 5.34. The fourth-order valence-electron chi connectivity index (χ4n) is 2.46. The average Bonchev–Trinajstić information content (AvgIpc) is 2.48. The molecule has 0 unspecified atom stereocenters. The molecule has 5 nitrogen and oxygen atoms in total. The third kappa shape index (κ3) is 5.30. The first-order valence-corrected chi connectivity index (χ1v) is 7.68. The molecule has 0 saturated carbocycles. The van der Waals surface area contributed by atoms with Gasteiger partial charge in [-0.25, -0.2) is 4.79 Å². The van der Waals surface area contributed by atoms with Gasteiger partial charge >= 0.3 is 12.3 Å². The van der Waals surface area contributed by atoms with Crippen molar-refractivity contribution in [1.82, 2.24) is 0 Å². The first kappa shape index (κ1) is 19.4. The highest BCUT2D eigenvalue weighted by atomic mass is 19.4. The molecular formula is C18H19F3N2O3. The van der Waals surface area contributed by atoms with Crippen molar-refractivity contribution in [3.8, 4) is 11.5 Å². The van der Waals surface area contributed by atoms with Crippen LogP contribution in [0.3, 0.4) is 0 Å². The molecule has 0 aliphatic rings. The van der Waals surface area contributed by atoms with Crippen LogP contribution in [0.15, 0.2) is 42.5 Å². The third-order valence-corrected chi connectivity index (χ3v) is 3.46. The van der Waals surface area contributed by atoms with E-state index in [0.29, 0.717) is 11.3 Å². The molecular weight excluding hydrogens is 349 g/mol. The van der Waals surface area contributed by atoms with Crippen molar-refractivity contribution in [3.05, 3.63) is 53.6 Å². The number of hydrogen-bond acceptors (Lipinski definition) is 4. The number of anilines is 1. The number of nitrogen functional groups attached to an aromatic ring is 1. The van der Waals surface area contributed by atoms with Crippen LogP contribution >= 0.6 is 0 Å². The predicted octanol–water partition coefficient (Wildman–Crippen LogP) is 4.50. The van der Waals surface area contributed by atoms with Crippen LogP contribution < -0.4 is 16.2 Å². The first-order chi connectivity index (χ1) is 12.0. The third-order valence-electron chi connectivity index (χ3n) is 3.46. The van der Waals surface area contributed by atoms with E-state index in [9.17, 15) is 18.0 Å². The standard InChI is InChI=1S/C18H19F3N2O3/c1-17(2,26-16(23)24)10-11-3-8-15(14(9-11)18(19,20)21)25-13-6-4-12(22)5-7-13/h3-9H,10,22H2,1-2H3,(H2,23,24). The highest BCUT2D eigenvalue weighted by Gasteiger charge is 2.35. The summed E-state index contributed by atoms with van der Waals surface area (Å²) in [5, 5.41) is 0. The Morgan fingerprint density at radius 1 is 1.08 bits per heavy atom. The van der Waals surface area contributed by atoms with E-state index < -0.39 is 23.4 Å². The number of rotatable bonds is 5. The van der Waals surface area contributed by atoms with Crippen molar-refractivity contribution in [1.29, 1.82) is 0 Å². The smallest absolute Gasteiger partial charge is 0.419 e. The molecule has 2 aromatic carbocycles. The van der Waals surface area contributed by atoms with Gasteiger partial charge in [0, 0.05) is 12.1 Å². The number of primary amides is 1. The topological polar surface area (TPSA) is 87.6 Å². The number of benzene rings is 2. The van der Waals surface area contributed by atoms with E-state index in [4.69, 9.17) is 20.9 Å². The lowest BCUT2D eigenvalue weighted by atomic mass is 9.96. The highest BCUT2D eigenvalue weighted by Crippen LogP contribution is 2.39. The summed E-state index contributed by atoms with van der Waals surface area (Å²) in [7, 11) is 0. The summed E-state index contributed by atoms with van der Waals surface area (Å²) in [4.78, 5) is 10.9. The molecule has 0 bridgehead atoms. The van der Waals surface area contributed by atoms with Gasteiger partial charge in [0.2, 0.25) is 0 Å². The molecule has 0 heterocycles. The molecule has 0 aromatic heterocycles. The Hall–Kier alpha value is -2.90. The van der Waals surface area contributed by atoms with Crippen molar-refractivity contribution >= 4 is 11.8 Å². The predicted molar refractivity (Wildman–Crippen MR) is 90.8 cm³/mol. The van der Waals surface area contributed by atoms with Crippen molar-refractivity contribution in [2.75, 3.05) is 5.73 Å². The van der Waals surface area contributed by atoms with E-state index in [-0.39, 0.29) is 17.9 Å². The summed E-state index contributed by atoms with van der Waals surface area (Å²) >= 11 is 0. The molecule has 0 atom stereocenters. The van der Waals surface area contributed by atoms with Gasteiger partial charge in [-0.15, -0.1) is 0 Å². The maximum atomic E-state index is 13.4. The molecule has 140 valence electrons. The van der Waals surface area contributed by atoms with Crippen LogP contribution in [0.1, 0.15) is 25.0 Å². The zero-order valence-corrected chi connectivity index (χ0v) is 14.3. The summed E-state index contributed by atoms with van der Waals surface area (Å²) in [5.74, 6) is -0.102. The van der Waals surface area contributed by atoms with Gasteiger partial charge in [-0.2, -0.15) is 13.2 Å². The van der Waals surface area contributed by atoms with Gasteiger partial charge in [0.25, 0.3) is 0 Å².